The Morgan fingerprint density at radius 3 is 2.19 bits per heavy atom. The van der Waals surface area contributed by atoms with Crippen LogP contribution in [0.2, 0.25) is 0 Å². The number of hydrogen-bond donors (Lipinski definition) is 1. The molecular weight excluding hydrogens is 348 g/mol. The first-order chi connectivity index (χ1) is 12.9. The van der Waals surface area contributed by atoms with Crippen molar-refractivity contribution in [2.24, 2.45) is 5.92 Å². The summed E-state index contributed by atoms with van der Waals surface area (Å²) in [5.74, 6) is -2.16. The SMILES string of the molecule is CC(C)CC(C(=O)OCC(=O)c1ccc[nH]1)N1C(=O)c2ccccc2C1=O. The number of fused-ring (bicyclic) bond motifs is 1. The molecule has 7 heteroatoms. The molecule has 0 radical (unpaired) electrons. The highest BCUT2D eigenvalue weighted by Crippen LogP contribution is 2.27. The lowest BCUT2D eigenvalue weighted by atomic mass is 10.0. The summed E-state index contributed by atoms with van der Waals surface area (Å²) >= 11 is 0. The normalized spacial score (nSPS) is 14.4. The number of carbonyl (C=O) groups is 4. The number of imide groups is 1. The first-order valence-corrected chi connectivity index (χ1v) is 8.70. The molecule has 1 unspecified atom stereocenters. The van der Waals surface area contributed by atoms with Gasteiger partial charge in [0.1, 0.15) is 6.04 Å². The molecule has 0 fully saturated rings. The highest BCUT2D eigenvalue weighted by Gasteiger charge is 2.43. The molecule has 0 bridgehead atoms. The Balaban J connectivity index is 1.78. The van der Waals surface area contributed by atoms with Gasteiger partial charge in [0.15, 0.2) is 6.61 Å². The molecule has 0 spiro atoms. The van der Waals surface area contributed by atoms with Crippen molar-refractivity contribution >= 4 is 23.6 Å². The third-order valence-corrected chi connectivity index (χ3v) is 4.35. The van der Waals surface area contributed by atoms with E-state index >= 15 is 0 Å². The van der Waals surface area contributed by atoms with Gasteiger partial charge in [0.25, 0.3) is 11.8 Å². The number of amides is 2. The number of ketones is 1. The van der Waals surface area contributed by atoms with Crippen LogP contribution in [0.4, 0.5) is 0 Å². The van der Waals surface area contributed by atoms with Gasteiger partial charge >= 0.3 is 5.97 Å². The Morgan fingerprint density at radius 2 is 1.67 bits per heavy atom. The van der Waals surface area contributed by atoms with Crippen LogP contribution in [0.15, 0.2) is 42.6 Å². The molecule has 1 aromatic carbocycles. The van der Waals surface area contributed by atoms with Crippen LogP contribution >= 0.6 is 0 Å². The fourth-order valence-electron chi connectivity index (χ4n) is 3.06. The molecule has 1 aromatic heterocycles. The molecule has 3 rings (SSSR count). The lowest BCUT2D eigenvalue weighted by Crippen LogP contribution is -2.46. The zero-order chi connectivity index (χ0) is 19.6. The molecule has 2 aromatic rings. The van der Waals surface area contributed by atoms with Gasteiger partial charge in [0.05, 0.1) is 16.8 Å². The molecule has 2 heterocycles. The molecule has 1 atom stereocenters. The van der Waals surface area contributed by atoms with E-state index in [2.05, 4.69) is 4.98 Å². The summed E-state index contributed by atoms with van der Waals surface area (Å²) in [6, 6.07) is 8.61. The van der Waals surface area contributed by atoms with Gasteiger partial charge in [-0.3, -0.25) is 19.3 Å². The quantitative estimate of drug-likeness (QED) is 0.460. The van der Waals surface area contributed by atoms with E-state index in [0.29, 0.717) is 5.69 Å². The number of aromatic nitrogens is 1. The van der Waals surface area contributed by atoms with Crippen molar-refractivity contribution in [3.8, 4) is 0 Å². The summed E-state index contributed by atoms with van der Waals surface area (Å²) in [5, 5.41) is 0. The smallest absolute Gasteiger partial charge is 0.329 e. The van der Waals surface area contributed by atoms with E-state index < -0.39 is 30.4 Å². The van der Waals surface area contributed by atoms with Crippen LogP contribution in [-0.4, -0.2) is 46.1 Å². The first-order valence-electron chi connectivity index (χ1n) is 8.70. The number of rotatable bonds is 7. The van der Waals surface area contributed by atoms with E-state index in [-0.39, 0.29) is 29.2 Å². The van der Waals surface area contributed by atoms with Crippen LogP contribution < -0.4 is 0 Å². The second kappa shape index (κ2) is 7.57. The van der Waals surface area contributed by atoms with Gasteiger partial charge in [-0.05, 0) is 36.6 Å². The zero-order valence-electron chi connectivity index (χ0n) is 15.1. The lowest BCUT2D eigenvalue weighted by molar-refractivity contribution is -0.147. The van der Waals surface area contributed by atoms with Crippen molar-refractivity contribution in [3.63, 3.8) is 0 Å². The van der Waals surface area contributed by atoms with Crippen LogP contribution in [0.5, 0.6) is 0 Å². The summed E-state index contributed by atoms with van der Waals surface area (Å²) in [7, 11) is 0. The minimum Gasteiger partial charge on any atom is -0.456 e. The van der Waals surface area contributed by atoms with Gasteiger partial charge in [0.2, 0.25) is 5.78 Å². The van der Waals surface area contributed by atoms with Crippen molar-refractivity contribution in [1.29, 1.82) is 0 Å². The Kier molecular flexibility index (Phi) is 5.21. The topological polar surface area (TPSA) is 96.5 Å². The van der Waals surface area contributed by atoms with E-state index in [9.17, 15) is 19.2 Å². The molecule has 27 heavy (non-hydrogen) atoms. The summed E-state index contributed by atoms with van der Waals surface area (Å²) in [5.41, 5.74) is 0.863. The number of H-pyrrole nitrogens is 1. The van der Waals surface area contributed by atoms with Crippen molar-refractivity contribution < 1.29 is 23.9 Å². The molecule has 0 aliphatic carbocycles. The van der Waals surface area contributed by atoms with Crippen LogP contribution in [0.1, 0.15) is 51.5 Å². The maximum Gasteiger partial charge on any atom is 0.329 e. The number of carbonyl (C=O) groups excluding carboxylic acids is 4. The largest absolute Gasteiger partial charge is 0.456 e. The van der Waals surface area contributed by atoms with Crippen molar-refractivity contribution in [2.45, 2.75) is 26.3 Å². The van der Waals surface area contributed by atoms with E-state index in [1.807, 2.05) is 13.8 Å². The highest BCUT2D eigenvalue weighted by atomic mass is 16.5. The molecule has 0 saturated carbocycles. The average molecular weight is 368 g/mol. The Labute approximate surface area is 156 Å². The maximum absolute atomic E-state index is 12.7. The Morgan fingerprint density at radius 1 is 1.04 bits per heavy atom. The molecule has 2 amide bonds. The van der Waals surface area contributed by atoms with E-state index in [1.165, 1.54) is 0 Å². The van der Waals surface area contributed by atoms with Crippen LogP contribution in [-0.2, 0) is 9.53 Å². The van der Waals surface area contributed by atoms with E-state index in [4.69, 9.17) is 4.74 Å². The third-order valence-electron chi connectivity index (χ3n) is 4.35. The zero-order valence-corrected chi connectivity index (χ0v) is 15.1. The highest BCUT2D eigenvalue weighted by molar-refractivity contribution is 6.22. The van der Waals surface area contributed by atoms with E-state index in [0.717, 1.165) is 4.90 Å². The number of benzene rings is 1. The second-order valence-electron chi connectivity index (χ2n) is 6.79. The number of hydrogen-bond acceptors (Lipinski definition) is 5. The molecule has 0 saturated heterocycles. The Bertz CT molecular complexity index is 851. The standard InChI is InChI=1S/C20H20N2O5/c1-12(2)10-16(20(26)27-11-17(23)15-8-5-9-21-15)22-18(24)13-6-3-4-7-14(13)19(22)25/h3-9,12,16,21H,10-11H2,1-2H3. The fourth-order valence-corrected chi connectivity index (χ4v) is 3.06. The number of nitrogens with one attached hydrogen (secondary N) is 1. The minimum absolute atomic E-state index is 0.0333. The molecule has 1 aliphatic rings. The van der Waals surface area contributed by atoms with Gasteiger partial charge in [-0.1, -0.05) is 26.0 Å². The Hall–Kier alpha value is -3.22. The van der Waals surface area contributed by atoms with Crippen LogP contribution in [0.25, 0.3) is 0 Å². The minimum atomic E-state index is -1.08. The number of ether oxygens (including phenoxy) is 1. The number of esters is 1. The monoisotopic (exact) mass is 368 g/mol. The van der Waals surface area contributed by atoms with Gasteiger partial charge in [-0.25, -0.2) is 4.79 Å². The third kappa shape index (κ3) is 3.67. The number of Topliss-reactive ketones (excluding diaryl/α,β-unsaturated/α-hetero) is 1. The summed E-state index contributed by atoms with van der Waals surface area (Å²) in [4.78, 5) is 53.7. The molecule has 1 N–H and O–H groups in total. The van der Waals surface area contributed by atoms with Gasteiger partial charge < -0.3 is 9.72 Å². The van der Waals surface area contributed by atoms with Crippen LogP contribution in [0, 0.1) is 5.92 Å². The number of aromatic amines is 1. The predicted octanol–water partition coefficient (Wildman–Crippen LogP) is 2.45. The van der Waals surface area contributed by atoms with Gasteiger partial charge in [-0.15, -0.1) is 0 Å². The maximum atomic E-state index is 12.7. The van der Waals surface area contributed by atoms with Gasteiger partial charge in [-0.2, -0.15) is 0 Å². The first kappa shape index (κ1) is 18.6. The predicted molar refractivity (Wildman–Crippen MR) is 96.3 cm³/mol. The molecule has 1 aliphatic heterocycles. The lowest BCUT2D eigenvalue weighted by Gasteiger charge is -2.25. The summed E-state index contributed by atoms with van der Waals surface area (Å²) < 4.78 is 5.14. The van der Waals surface area contributed by atoms with Crippen molar-refractivity contribution in [2.75, 3.05) is 6.61 Å². The fraction of sp³-hybridized carbons (Fsp3) is 0.300. The second-order valence-corrected chi connectivity index (χ2v) is 6.79. The number of nitrogens with zero attached hydrogens (tertiary/aromatic N) is 1. The molecular formula is C20H20N2O5. The average Bonchev–Trinajstić information content (AvgIpc) is 3.26. The summed E-state index contributed by atoms with van der Waals surface area (Å²) in [6.07, 6.45) is 1.84. The van der Waals surface area contributed by atoms with Crippen molar-refractivity contribution in [3.05, 3.63) is 59.4 Å². The molecule has 7 nitrogen and oxygen atoms in total. The molecule has 140 valence electrons. The van der Waals surface area contributed by atoms with Crippen LogP contribution in [0.3, 0.4) is 0 Å². The van der Waals surface area contributed by atoms with Gasteiger partial charge in [0, 0.05) is 6.20 Å². The summed E-state index contributed by atoms with van der Waals surface area (Å²) in [6.45, 7) is 3.29. The van der Waals surface area contributed by atoms with E-state index in [1.54, 1.807) is 42.6 Å². The van der Waals surface area contributed by atoms with Crippen molar-refractivity contribution in [1.82, 2.24) is 9.88 Å².